The molecule has 1 aromatic heterocycles. The first-order chi connectivity index (χ1) is 9.52. The molecule has 2 N–H and O–H groups in total. The zero-order valence-corrected chi connectivity index (χ0v) is 13.4. The SMILES string of the molecule is CC(c1ccc(F)cc1)N(C)C(=O)c1csc(CN)n1.Cl. The first kappa shape index (κ1) is 17.6. The van der Waals surface area contributed by atoms with Gasteiger partial charge in [-0.1, -0.05) is 12.1 Å². The minimum atomic E-state index is -0.290. The number of amides is 1. The fraction of sp³-hybridized carbons (Fsp3) is 0.286. The molecule has 1 amide bonds. The average molecular weight is 330 g/mol. The van der Waals surface area contributed by atoms with Crippen LogP contribution in [0.1, 0.15) is 34.0 Å². The van der Waals surface area contributed by atoms with E-state index < -0.39 is 0 Å². The molecule has 0 saturated heterocycles. The Labute approximate surface area is 133 Å². The predicted molar refractivity (Wildman–Crippen MR) is 84.2 cm³/mol. The number of rotatable bonds is 4. The van der Waals surface area contributed by atoms with Gasteiger partial charge in [-0.05, 0) is 24.6 Å². The van der Waals surface area contributed by atoms with Crippen LogP contribution >= 0.6 is 23.7 Å². The molecule has 0 fully saturated rings. The van der Waals surface area contributed by atoms with Gasteiger partial charge < -0.3 is 10.6 Å². The van der Waals surface area contributed by atoms with Crippen LogP contribution in [0.25, 0.3) is 0 Å². The molecule has 7 heteroatoms. The summed E-state index contributed by atoms with van der Waals surface area (Å²) in [5, 5.41) is 2.44. The van der Waals surface area contributed by atoms with Gasteiger partial charge in [0.1, 0.15) is 16.5 Å². The van der Waals surface area contributed by atoms with Crippen LogP contribution in [0.4, 0.5) is 4.39 Å². The van der Waals surface area contributed by atoms with Crippen LogP contribution in [0, 0.1) is 5.82 Å². The molecule has 1 heterocycles. The van der Waals surface area contributed by atoms with E-state index in [-0.39, 0.29) is 30.2 Å². The van der Waals surface area contributed by atoms with Crippen molar-refractivity contribution in [3.05, 3.63) is 51.7 Å². The van der Waals surface area contributed by atoms with E-state index in [1.54, 1.807) is 29.5 Å². The molecule has 0 spiro atoms. The Kier molecular flexibility index (Phi) is 6.26. The fourth-order valence-corrected chi connectivity index (χ4v) is 2.47. The highest BCUT2D eigenvalue weighted by Gasteiger charge is 2.21. The summed E-state index contributed by atoms with van der Waals surface area (Å²) in [6, 6.07) is 5.97. The third-order valence-corrected chi connectivity index (χ3v) is 4.07. The smallest absolute Gasteiger partial charge is 0.273 e. The van der Waals surface area contributed by atoms with Crippen LogP contribution in [-0.2, 0) is 6.54 Å². The zero-order chi connectivity index (χ0) is 14.7. The lowest BCUT2D eigenvalue weighted by molar-refractivity contribution is 0.0737. The summed E-state index contributed by atoms with van der Waals surface area (Å²) < 4.78 is 12.9. The maximum Gasteiger partial charge on any atom is 0.273 e. The fourth-order valence-electron chi connectivity index (χ4n) is 1.82. The third kappa shape index (κ3) is 4.00. The van der Waals surface area contributed by atoms with Gasteiger partial charge in [0.15, 0.2) is 0 Å². The van der Waals surface area contributed by atoms with E-state index >= 15 is 0 Å². The summed E-state index contributed by atoms with van der Waals surface area (Å²) >= 11 is 1.37. The lowest BCUT2D eigenvalue weighted by Gasteiger charge is -2.24. The molecule has 114 valence electrons. The summed E-state index contributed by atoms with van der Waals surface area (Å²) in [7, 11) is 1.71. The topological polar surface area (TPSA) is 59.2 Å². The first-order valence-electron chi connectivity index (χ1n) is 6.20. The van der Waals surface area contributed by atoms with Crippen molar-refractivity contribution in [1.29, 1.82) is 0 Å². The van der Waals surface area contributed by atoms with E-state index in [9.17, 15) is 9.18 Å². The minimum absolute atomic E-state index is 0. The Balaban J connectivity index is 0.00000220. The molecule has 2 aromatic rings. The number of carbonyl (C=O) groups is 1. The lowest BCUT2D eigenvalue weighted by atomic mass is 10.1. The molecule has 2 rings (SSSR count). The second kappa shape index (κ2) is 7.49. The second-order valence-electron chi connectivity index (χ2n) is 4.47. The van der Waals surface area contributed by atoms with E-state index in [4.69, 9.17) is 5.73 Å². The maximum absolute atomic E-state index is 12.9. The number of thiazole rings is 1. The van der Waals surface area contributed by atoms with Crippen molar-refractivity contribution in [2.24, 2.45) is 5.73 Å². The van der Waals surface area contributed by atoms with Gasteiger partial charge in [-0.2, -0.15) is 0 Å². The van der Waals surface area contributed by atoms with Gasteiger partial charge in [0.2, 0.25) is 0 Å². The number of halogens is 2. The van der Waals surface area contributed by atoms with Crippen molar-refractivity contribution in [2.75, 3.05) is 7.05 Å². The van der Waals surface area contributed by atoms with Crippen LogP contribution in [0.3, 0.4) is 0 Å². The number of hydrogen-bond acceptors (Lipinski definition) is 4. The number of nitrogens with two attached hydrogens (primary N) is 1. The number of nitrogens with zero attached hydrogens (tertiary/aromatic N) is 2. The van der Waals surface area contributed by atoms with E-state index in [1.165, 1.54) is 23.5 Å². The summed E-state index contributed by atoms with van der Waals surface area (Å²) in [5.74, 6) is -0.459. The summed E-state index contributed by atoms with van der Waals surface area (Å²) in [6.45, 7) is 2.22. The Hall–Kier alpha value is -1.50. The zero-order valence-electron chi connectivity index (χ0n) is 11.7. The van der Waals surface area contributed by atoms with E-state index in [0.29, 0.717) is 12.2 Å². The number of carbonyl (C=O) groups excluding carboxylic acids is 1. The van der Waals surface area contributed by atoms with Crippen LogP contribution < -0.4 is 5.73 Å². The van der Waals surface area contributed by atoms with E-state index in [0.717, 1.165) is 10.6 Å². The van der Waals surface area contributed by atoms with Crippen LogP contribution in [-0.4, -0.2) is 22.8 Å². The molecule has 0 aliphatic heterocycles. The van der Waals surface area contributed by atoms with Crippen LogP contribution in [0.2, 0.25) is 0 Å². The van der Waals surface area contributed by atoms with Gasteiger partial charge in [0.05, 0.1) is 6.04 Å². The van der Waals surface area contributed by atoms with Crippen molar-refractivity contribution < 1.29 is 9.18 Å². The normalized spacial score (nSPS) is 11.6. The van der Waals surface area contributed by atoms with E-state index in [1.807, 2.05) is 6.92 Å². The monoisotopic (exact) mass is 329 g/mol. The van der Waals surface area contributed by atoms with Crippen molar-refractivity contribution in [1.82, 2.24) is 9.88 Å². The molecule has 1 atom stereocenters. The maximum atomic E-state index is 12.9. The van der Waals surface area contributed by atoms with Gasteiger partial charge in [-0.15, -0.1) is 23.7 Å². The van der Waals surface area contributed by atoms with Crippen molar-refractivity contribution in [3.63, 3.8) is 0 Å². The summed E-state index contributed by atoms with van der Waals surface area (Å²) in [6.07, 6.45) is 0. The van der Waals surface area contributed by atoms with Gasteiger partial charge in [0, 0.05) is 19.0 Å². The van der Waals surface area contributed by atoms with Gasteiger partial charge >= 0.3 is 0 Å². The number of benzene rings is 1. The molecule has 0 aliphatic carbocycles. The largest absolute Gasteiger partial charge is 0.334 e. The van der Waals surface area contributed by atoms with Gasteiger partial charge in [-0.3, -0.25) is 4.79 Å². The summed E-state index contributed by atoms with van der Waals surface area (Å²) in [4.78, 5) is 18.1. The molecule has 0 saturated carbocycles. The lowest BCUT2D eigenvalue weighted by Crippen LogP contribution is -2.30. The second-order valence-corrected chi connectivity index (χ2v) is 5.42. The molecular formula is C14H17ClFN3OS. The molecule has 21 heavy (non-hydrogen) atoms. The third-order valence-electron chi connectivity index (χ3n) is 3.20. The predicted octanol–water partition coefficient (Wildman–Crippen LogP) is 3.00. The van der Waals surface area contributed by atoms with Gasteiger partial charge in [0.25, 0.3) is 5.91 Å². The molecule has 4 nitrogen and oxygen atoms in total. The highest BCUT2D eigenvalue weighted by molar-refractivity contribution is 7.09. The molecule has 0 radical (unpaired) electrons. The first-order valence-corrected chi connectivity index (χ1v) is 7.08. The van der Waals surface area contributed by atoms with Crippen LogP contribution in [0.15, 0.2) is 29.6 Å². The highest BCUT2D eigenvalue weighted by Crippen LogP contribution is 2.21. The number of hydrogen-bond donors (Lipinski definition) is 1. The van der Waals surface area contributed by atoms with Crippen LogP contribution in [0.5, 0.6) is 0 Å². The van der Waals surface area contributed by atoms with Crippen molar-refractivity contribution >= 4 is 29.7 Å². The molecule has 0 bridgehead atoms. The highest BCUT2D eigenvalue weighted by atomic mass is 35.5. The van der Waals surface area contributed by atoms with E-state index in [2.05, 4.69) is 4.98 Å². The molecule has 1 unspecified atom stereocenters. The van der Waals surface area contributed by atoms with Crippen molar-refractivity contribution in [3.8, 4) is 0 Å². The molecule has 1 aromatic carbocycles. The minimum Gasteiger partial charge on any atom is -0.334 e. The Morgan fingerprint density at radius 1 is 1.43 bits per heavy atom. The quantitative estimate of drug-likeness (QED) is 0.938. The average Bonchev–Trinajstić information content (AvgIpc) is 2.94. The Bertz CT molecular complexity index is 603. The Morgan fingerprint density at radius 3 is 2.57 bits per heavy atom. The molecule has 0 aliphatic rings. The molecular weight excluding hydrogens is 313 g/mol. The number of aromatic nitrogens is 1. The summed E-state index contributed by atoms with van der Waals surface area (Å²) in [5.41, 5.74) is 6.76. The standard InChI is InChI=1S/C14H16FN3OS.ClH/c1-9(10-3-5-11(15)6-4-10)18(2)14(19)12-8-20-13(7-16)17-12;/h3-6,8-9H,7,16H2,1-2H3;1H. The Morgan fingerprint density at radius 2 is 2.05 bits per heavy atom. The van der Waals surface area contributed by atoms with Crippen molar-refractivity contribution in [2.45, 2.75) is 19.5 Å². The van der Waals surface area contributed by atoms with Gasteiger partial charge in [-0.25, -0.2) is 9.37 Å².